The van der Waals surface area contributed by atoms with Crippen LogP contribution in [0.3, 0.4) is 0 Å². The maximum absolute atomic E-state index is 12.1. The van der Waals surface area contributed by atoms with Crippen molar-refractivity contribution < 1.29 is 14.3 Å². The summed E-state index contributed by atoms with van der Waals surface area (Å²) < 4.78 is 4.69. The zero-order valence-corrected chi connectivity index (χ0v) is 12.9. The van der Waals surface area contributed by atoms with Crippen LogP contribution in [0.4, 0.5) is 0 Å². The fourth-order valence-corrected chi connectivity index (χ4v) is 2.46. The van der Waals surface area contributed by atoms with E-state index in [0.717, 1.165) is 45.7 Å². The number of hydrogen-bond acceptors (Lipinski definition) is 5. The number of hydrogen-bond donors (Lipinski definition) is 0. The Balaban J connectivity index is 2.40. The lowest BCUT2D eigenvalue weighted by Crippen LogP contribution is -2.41. The van der Waals surface area contributed by atoms with E-state index in [2.05, 4.69) is 9.80 Å². The van der Waals surface area contributed by atoms with E-state index < -0.39 is 0 Å². The van der Waals surface area contributed by atoms with E-state index in [4.69, 9.17) is 4.74 Å². The van der Waals surface area contributed by atoms with Gasteiger partial charge in [-0.3, -0.25) is 19.4 Å². The second kappa shape index (κ2) is 8.92. The molecule has 0 aromatic heterocycles. The Morgan fingerprint density at radius 3 is 2.05 bits per heavy atom. The van der Waals surface area contributed by atoms with Crippen LogP contribution in [-0.4, -0.2) is 86.0 Å². The number of carbonyl (C=O) groups is 2. The lowest BCUT2D eigenvalue weighted by atomic mass is 10.3. The van der Waals surface area contributed by atoms with Gasteiger partial charge in [-0.1, -0.05) is 0 Å². The van der Waals surface area contributed by atoms with Crippen LogP contribution in [0.15, 0.2) is 0 Å². The molecule has 0 saturated carbocycles. The van der Waals surface area contributed by atoms with Crippen molar-refractivity contribution in [3.05, 3.63) is 0 Å². The average molecular weight is 285 g/mol. The maximum Gasteiger partial charge on any atom is 0.319 e. The molecule has 6 heteroatoms. The smallest absolute Gasteiger partial charge is 0.319 e. The Bertz CT molecular complexity index is 319. The number of amides is 1. The van der Waals surface area contributed by atoms with Gasteiger partial charge in [0.2, 0.25) is 5.91 Å². The van der Waals surface area contributed by atoms with Gasteiger partial charge in [0.05, 0.1) is 20.2 Å². The summed E-state index contributed by atoms with van der Waals surface area (Å²) in [6.45, 7) is 9.77. The first-order chi connectivity index (χ1) is 9.60. The molecule has 1 rings (SSSR count). The van der Waals surface area contributed by atoms with E-state index >= 15 is 0 Å². The van der Waals surface area contributed by atoms with Crippen LogP contribution in [0, 0.1) is 0 Å². The minimum atomic E-state index is -0.197. The average Bonchev–Trinajstić information content (AvgIpc) is 2.65. The molecular weight excluding hydrogens is 258 g/mol. The summed E-state index contributed by atoms with van der Waals surface area (Å²) in [4.78, 5) is 29.5. The lowest BCUT2D eigenvalue weighted by Gasteiger charge is -2.25. The van der Waals surface area contributed by atoms with Gasteiger partial charge in [0.15, 0.2) is 0 Å². The molecule has 0 spiro atoms. The summed E-state index contributed by atoms with van der Waals surface area (Å²) in [7, 11) is 1.41. The van der Waals surface area contributed by atoms with Gasteiger partial charge in [-0.05, 0) is 26.8 Å². The Hall–Kier alpha value is -1.14. The predicted molar refractivity (Wildman–Crippen MR) is 77.4 cm³/mol. The summed E-state index contributed by atoms with van der Waals surface area (Å²) in [6, 6.07) is 0. The topological polar surface area (TPSA) is 53.1 Å². The first-order valence-corrected chi connectivity index (χ1v) is 7.40. The zero-order valence-electron chi connectivity index (χ0n) is 12.9. The molecule has 20 heavy (non-hydrogen) atoms. The number of carbonyl (C=O) groups excluding carboxylic acids is 2. The van der Waals surface area contributed by atoms with Crippen molar-refractivity contribution in [1.29, 1.82) is 0 Å². The molecule has 0 bridgehead atoms. The quantitative estimate of drug-likeness (QED) is 0.645. The highest BCUT2D eigenvalue weighted by Crippen LogP contribution is 2.04. The molecule has 1 aliphatic rings. The third-order valence-electron chi connectivity index (χ3n) is 3.74. The van der Waals surface area contributed by atoms with Crippen molar-refractivity contribution in [3.8, 4) is 0 Å². The molecule has 6 nitrogen and oxygen atoms in total. The maximum atomic E-state index is 12.1. The standard InChI is InChI=1S/C14H27N3O3/c1-4-17(5-2)13(18)11-15-7-6-8-16(10-9-15)12-14(19)20-3/h4-12H2,1-3H3. The zero-order chi connectivity index (χ0) is 15.0. The number of methoxy groups -OCH3 is 1. The van der Waals surface area contributed by atoms with E-state index in [9.17, 15) is 9.59 Å². The van der Waals surface area contributed by atoms with Crippen molar-refractivity contribution >= 4 is 11.9 Å². The largest absolute Gasteiger partial charge is 0.468 e. The van der Waals surface area contributed by atoms with Gasteiger partial charge in [-0.2, -0.15) is 0 Å². The summed E-state index contributed by atoms with van der Waals surface area (Å²) in [6.07, 6.45) is 0.975. The fourth-order valence-electron chi connectivity index (χ4n) is 2.46. The van der Waals surface area contributed by atoms with Crippen molar-refractivity contribution in [1.82, 2.24) is 14.7 Å². The molecular formula is C14H27N3O3. The molecule has 0 unspecified atom stereocenters. The van der Waals surface area contributed by atoms with Crippen LogP contribution in [0.5, 0.6) is 0 Å². The lowest BCUT2D eigenvalue weighted by molar-refractivity contribution is -0.142. The van der Waals surface area contributed by atoms with E-state index in [1.165, 1.54) is 7.11 Å². The molecule has 1 saturated heterocycles. The molecule has 1 heterocycles. The molecule has 0 aromatic carbocycles. The molecule has 1 fully saturated rings. The SMILES string of the molecule is CCN(CC)C(=O)CN1CCCN(CC(=O)OC)CC1. The van der Waals surface area contributed by atoms with Crippen LogP contribution in [0.1, 0.15) is 20.3 Å². The van der Waals surface area contributed by atoms with Gasteiger partial charge in [0.1, 0.15) is 0 Å². The van der Waals surface area contributed by atoms with Gasteiger partial charge in [-0.15, -0.1) is 0 Å². The Labute approximate surface area is 121 Å². The van der Waals surface area contributed by atoms with E-state index in [1.807, 2.05) is 18.7 Å². The fraction of sp³-hybridized carbons (Fsp3) is 0.857. The number of ether oxygens (including phenoxy) is 1. The third-order valence-corrected chi connectivity index (χ3v) is 3.74. The van der Waals surface area contributed by atoms with Crippen molar-refractivity contribution in [3.63, 3.8) is 0 Å². The van der Waals surface area contributed by atoms with E-state index in [-0.39, 0.29) is 11.9 Å². The summed E-state index contributed by atoms with van der Waals surface area (Å²) in [5.41, 5.74) is 0. The highest BCUT2D eigenvalue weighted by molar-refractivity contribution is 5.78. The van der Waals surface area contributed by atoms with Gasteiger partial charge in [0, 0.05) is 32.7 Å². The van der Waals surface area contributed by atoms with Gasteiger partial charge in [-0.25, -0.2) is 0 Å². The molecule has 0 aliphatic carbocycles. The number of nitrogens with zero attached hydrogens (tertiary/aromatic N) is 3. The molecule has 0 aromatic rings. The Kier molecular flexibility index (Phi) is 7.54. The van der Waals surface area contributed by atoms with Crippen LogP contribution in [0.25, 0.3) is 0 Å². The second-order valence-corrected chi connectivity index (χ2v) is 5.05. The Morgan fingerprint density at radius 1 is 1.00 bits per heavy atom. The highest BCUT2D eigenvalue weighted by atomic mass is 16.5. The summed E-state index contributed by atoms with van der Waals surface area (Å²) >= 11 is 0. The number of likely N-dealkylation sites (N-methyl/N-ethyl adjacent to an activating group) is 1. The molecule has 0 atom stereocenters. The second-order valence-electron chi connectivity index (χ2n) is 5.05. The minimum absolute atomic E-state index is 0.191. The van der Waals surface area contributed by atoms with E-state index in [1.54, 1.807) is 0 Å². The van der Waals surface area contributed by atoms with Crippen molar-refractivity contribution in [2.45, 2.75) is 20.3 Å². The van der Waals surface area contributed by atoms with Gasteiger partial charge >= 0.3 is 5.97 Å². The monoisotopic (exact) mass is 285 g/mol. The summed E-state index contributed by atoms with van der Waals surface area (Å²) in [5.74, 6) is -0.00548. The molecule has 1 amide bonds. The van der Waals surface area contributed by atoms with Gasteiger partial charge < -0.3 is 9.64 Å². The van der Waals surface area contributed by atoms with Crippen molar-refractivity contribution in [2.24, 2.45) is 0 Å². The summed E-state index contributed by atoms with van der Waals surface area (Å²) in [5, 5.41) is 0. The first-order valence-electron chi connectivity index (χ1n) is 7.40. The first kappa shape index (κ1) is 16.9. The third kappa shape index (κ3) is 5.46. The molecule has 0 radical (unpaired) electrons. The van der Waals surface area contributed by atoms with Gasteiger partial charge in [0.25, 0.3) is 0 Å². The molecule has 1 aliphatic heterocycles. The Morgan fingerprint density at radius 2 is 1.55 bits per heavy atom. The molecule has 0 N–H and O–H groups in total. The van der Waals surface area contributed by atoms with Crippen LogP contribution >= 0.6 is 0 Å². The highest BCUT2D eigenvalue weighted by Gasteiger charge is 2.20. The van der Waals surface area contributed by atoms with Crippen LogP contribution in [-0.2, 0) is 14.3 Å². The van der Waals surface area contributed by atoms with E-state index in [0.29, 0.717) is 13.1 Å². The normalized spacial score (nSPS) is 17.6. The van der Waals surface area contributed by atoms with Crippen LogP contribution in [0.2, 0.25) is 0 Å². The number of esters is 1. The van der Waals surface area contributed by atoms with Crippen molar-refractivity contribution in [2.75, 3.05) is 59.5 Å². The predicted octanol–water partition coefficient (Wildman–Crippen LogP) is 0.0355. The molecule has 116 valence electrons. The van der Waals surface area contributed by atoms with Crippen LogP contribution < -0.4 is 0 Å². The minimum Gasteiger partial charge on any atom is -0.468 e. The number of rotatable bonds is 6.